The molecule has 0 bridgehead atoms. The van der Waals surface area contributed by atoms with Crippen LogP contribution < -0.4 is 0 Å². The van der Waals surface area contributed by atoms with Gasteiger partial charge in [-0.25, -0.2) is 0 Å². The molecule has 138 valence electrons. The number of aliphatic carboxylic acids is 1. The Morgan fingerprint density at radius 2 is 1.96 bits per heavy atom. The number of carboxylic acids is 1. The van der Waals surface area contributed by atoms with Crippen molar-refractivity contribution in [1.29, 1.82) is 0 Å². The van der Waals surface area contributed by atoms with E-state index in [1.807, 2.05) is 0 Å². The van der Waals surface area contributed by atoms with Gasteiger partial charge in [0.05, 0.1) is 5.41 Å². The first kappa shape index (κ1) is 17.1. The van der Waals surface area contributed by atoms with E-state index in [1.165, 1.54) is 12.5 Å². The van der Waals surface area contributed by atoms with E-state index in [-0.39, 0.29) is 17.5 Å². The van der Waals surface area contributed by atoms with Gasteiger partial charge in [0.15, 0.2) is 0 Å². The second kappa shape index (κ2) is 5.85. The summed E-state index contributed by atoms with van der Waals surface area (Å²) in [5, 5.41) is 9.94. The van der Waals surface area contributed by atoms with Gasteiger partial charge in [0, 0.05) is 13.3 Å². The van der Waals surface area contributed by atoms with Crippen molar-refractivity contribution in [3.05, 3.63) is 11.6 Å². The summed E-state index contributed by atoms with van der Waals surface area (Å²) < 4.78 is 5.48. The van der Waals surface area contributed by atoms with Crippen molar-refractivity contribution in [2.24, 2.45) is 28.6 Å². The molecule has 0 unspecified atom stereocenters. The number of carbonyl (C=O) groups excluding carboxylic acids is 1. The van der Waals surface area contributed by atoms with Gasteiger partial charge in [0.25, 0.3) is 0 Å². The van der Waals surface area contributed by atoms with Crippen LogP contribution in [0.4, 0.5) is 0 Å². The van der Waals surface area contributed by atoms with Crippen LogP contribution in [-0.2, 0) is 14.3 Å². The Balaban J connectivity index is 1.60. The number of esters is 1. The van der Waals surface area contributed by atoms with E-state index >= 15 is 0 Å². The maximum atomic E-state index is 12.1. The highest BCUT2D eigenvalue weighted by molar-refractivity contribution is 5.76. The lowest BCUT2D eigenvalue weighted by Gasteiger charge is -2.57. The van der Waals surface area contributed by atoms with Crippen LogP contribution in [0.1, 0.15) is 71.6 Å². The molecule has 4 heteroatoms. The Morgan fingerprint density at radius 1 is 1.16 bits per heavy atom. The molecule has 0 radical (unpaired) electrons. The zero-order chi connectivity index (χ0) is 17.8. The maximum absolute atomic E-state index is 12.1. The number of fused-ring (bicyclic) bond motifs is 5. The van der Waals surface area contributed by atoms with Crippen molar-refractivity contribution in [1.82, 2.24) is 0 Å². The van der Waals surface area contributed by atoms with Crippen molar-refractivity contribution in [2.75, 3.05) is 0 Å². The van der Waals surface area contributed by atoms with Crippen molar-refractivity contribution < 1.29 is 19.4 Å². The van der Waals surface area contributed by atoms with Gasteiger partial charge in [-0.15, -0.1) is 0 Å². The fourth-order valence-corrected chi connectivity index (χ4v) is 6.99. The molecule has 4 aliphatic carbocycles. The summed E-state index contributed by atoms with van der Waals surface area (Å²) >= 11 is 0. The molecule has 0 amide bonds. The van der Waals surface area contributed by atoms with Gasteiger partial charge >= 0.3 is 11.9 Å². The Kier molecular flexibility index (Phi) is 4.01. The largest absolute Gasteiger partial charge is 0.481 e. The molecule has 4 rings (SSSR count). The molecule has 1 N–H and O–H groups in total. The summed E-state index contributed by atoms with van der Waals surface area (Å²) in [7, 11) is 0. The third-order valence-electron chi connectivity index (χ3n) is 8.16. The van der Waals surface area contributed by atoms with Crippen molar-refractivity contribution in [3.8, 4) is 0 Å². The predicted molar refractivity (Wildman–Crippen MR) is 93.8 cm³/mol. The smallest absolute Gasteiger partial charge is 0.309 e. The van der Waals surface area contributed by atoms with Gasteiger partial charge in [-0.05, 0) is 68.1 Å². The van der Waals surface area contributed by atoms with Gasteiger partial charge < -0.3 is 9.84 Å². The number of allylic oxidation sites excluding steroid dienone is 1. The van der Waals surface area contributed by atoms with Crippen LogP contribution in [0.2, 0.25) is 0 Å². The van der Waals surface area contributed by atoms with E-state index in [0.29, 0.717) is 17.8 Å². The lowest BCUT2D eigenvalue weighted by atomic mass is 9.48. The molecule has 0 aromatic carbocycles. The van der Waals surface area contributed by atoms with Gasteiger partial charge in [-0.3, -0.25) is 9.59 Å². The zero-order valence-electron chi connectivity index (χ0n) is 15.4. The molecule has 0 aromatic rings. The number of hydrogen-bond acceptors (Lipinski definition) is 3. The normalized spacial score (nSPS) is 45.6. The van der Waals surface area contributed by atoms with E-state index < -0.39 is 11.4 Å². The van der Waals surface area contributed by atoms with Crippen molar-refractivity contribution in [3.63, 3.8) is 0 Å². The van der Waals surface area contributed by atoms with Crippen molar-refractivity contribution in [2.45, 2.75) is 77.7 Å². The summed E-state index contributed by atoms with van der Waals surface area (Å²) in [4.78, 5) is 23.4. The molecule has 25 heavy (non-hydrogen) atoms. The van der Waals surface area contributed by atoms with E-state index in [4.69, 9.17) is 4.74 Å². The Labute approximate surface area is 150 Å². The van der Waals surface area contributed by atoms with E-state index in [9.17, 15) is 14.7 Å². The Hall–Kier alpha value is -1.32. The molecule has 3 saturated carbocycles. The fraction of sp³-hybridized carbons (Fsp3) is 0.810. The fourth-order valence-electron chi connectivity index (χ4n) is 6.99. The average Bonchev–Trinajstić information content (AvgIpc) is 3.00. The molecule has 0 saturated heterocycles. The summed E-state index contributed by atoms with van der Waals surface area (Å²) in [6.07, 6.45) is 11.2. The third kappa shape index (κ3) is 2.47. The van der Waals surface area contributed by atoms with E-state index in [2.05, 4.69) is 13.0 Å². The lowest BCUT2D eigenvalue weighted by molar-refractivity contribution is -0.159. The van der Waals surface area contributed by atoms with E-state index in [0.717, 1.165) is 57.8 Å². The molecular weight excluding hydrogens is 316 g/mol. The summed E-state index contributed by atoms with van der Waals surface area (Å²) in [5.41, 5.74) is 1.19. The van der Waals surface area contributed by atoms with Crippen LogP contribution in [0.25, 0.3) is 0 Å². The minimum absolute atomic E-state index is 0.0292. The minimum atomic E-state index is -0.549. The van der Waals surface area contributed by atoms with Gasteiger partial charge in [0.2, 0.25) is 0 Å². The van der Waals surface area contributed by atoms with Gasteiger partial charge in [-0.1, -0.05) is 25.0 Å². The number of carbonyl (C=O) groups is 2. The highest BCUT2D eigenvalue weighted by Crippen LogP contribution is 2.65. The maximum Gasteiger partial charge on any atom is 0.309 e. The molecule has 3 fully saturated rings. The molecule has 0 heterocycles. The van der Waals surface area contributed by atoms with Gasteiger partial charge in [0.1, 0.15) is 6.10 Å². The molecule has 0 aliphatic heterocycles. The van der Waals surface area contributed by atoms with Crippen LogP contribution in [0, 0.1) is 28.6 Å². The van der Waals surface area contributed by atoms with Gasteiger partial charge in [-0.2, -0.15) is 0 Å². The summed E-state index contributed by atoms with van der Waals surface area (Å²) in [6, 6.07) is 0. The Bertz CT molecular complexity index is 623. The summed E-state index contributed by atoms with van der Waals surface area (Å²) in [5.74, 6) is 0.738. The van der Waals surface area contributed by atoms with Crippen molar-refractivity contribution >= 4 is 11.9 Å². The monoisotopic (exact) mass is 346 g/mol. The molecular formula is C21H30O4. The Morgan fingerprint density at radius 3 is 2.68 bits per heavy atom. The number of hydrogen-bond donors (Lipinski definition) is 1. The van der Waals surface area contributed by atoms with Crippen LogP contribution in [0.3, 0.4) is 0 Å². The number of rotatable bonds is 2. The average molecular weight is 346 g/mol. The zero-order valence-corrected chi connectivity index (χ0v) is 15.4. The first-order valence-electron chi connectivity index (χ1n) is 9.97. The first-order valence-corrected chi connectivity index (χ1v) is 9.97. The topological polar surface area (TPSA) is 63.6 Å². The van der Waals surface area contributed by atoms with Crippen LogP contribution in [-0.4, -0.2) is 23.1 Å². The van der Waals surface area contributed by atoms with Crippen LogP contribution >= 0.6 is 0 Å². The minimum Gasteiger partial charge on any atom is -0.481 e. The molecule has 0 aromatic heterocycles. The van der Waals surface area contributed by atoms with Crippen LogP contribution in [0.15, 0.2) is 11.6 Å². The second-order valence-electron chi connectivity index (χ2n) is 9.13. The standard InChI is InChI=1S/C21H30O4/c1-13(22)25-15-7-10-20(2)14(12-15)5-6-16-17(20)8-11-21(19(23)24)9-3-4-18(16)21/h5,15-18H,3-4,6-12H2,1-2H3,(H,23,24)/t15-,16+,17-,18-,20-,21+/m0/s1. The summed E-state index contributed by atoms with van der Waals surface area (Å²) in [6.45, 7) is 3.88. The third-order valence-corrected chi connectivity index (χ3v) is 8.16. The quantitative estimate of drug-likeness (QED) is 0.597. The number of carboxylic acid groups (broad SMARTS) is 1. The lowest BCUT2D eigenvalue weighted by Crippen LogP contribution is -2.52. The molecule has 6 atom stereocenters. The SMILES string of the molecule is CC(=O)O[C@H]1CC[C@@]2(C)C(=CC[C@H]3[C@@H]4CCC[C@@]4(C(=O)O)CC[C@@H]32)C1. The highest BCUT2D eigenvalue weighted by atomic mass is 16.5. The molecule has 4 nitrogen and oxygen atoms in total. The second-order valence-corrected chi connectivity index (χ2v) is 9.13. The number of ether oxygens (including phenoxy) is 1. The van der Waals surface area contributed by atoms with E-state index in [1.54, 1.807) is 0 Å². The molecule has 4 aliphatic rings. The predicted octanol–water partition coefficient (Wildman–Crippen LogP) is 4.34. The first-order chi connectivity index (χ1) is 11.9. The molecule has 0 spiro atoms. The highest BCUT2D eigenvalue weighted by Gasteiger charge is 2.60. The van der Waals surface area contributed by atoms with Crippen LogP contribution in [0.5, 0.6) is 0 Å².